The van der Waals surface area contributed by atoms with Crippen LogP contribution in [0.15, 0.2) is 77.8 Å². The normalized spacial score (nSPS) is 15.8. The van der Waals surface area contributed by atoms with E-state index in [9.17, 15) is 19.2 Å². The fraction of sp³-hybridized carbons (Fsp3) is 0.258. The molecule has 3 aromatic carbocycles. The summed E-state index contributed by atoms with van der Waals surface area (Å²) in [5.74, 6) is -1.48. The summed E-state index contributed by atoms with van der Waals surface area (Å²) in [6.45, 7) is 4.35. The molecule has 1 heterocycles. The van der Waals surface area contributed by atoms with E-state index in [0.29, 0.717) is 45.7 Å². The summed E-state index contributed by atoms with van der Waals surface area (Å²) in [4.78, 5) is 56.8. The molecule has 3 aromatic rings. The lowest BCUT2D eigenvalue weighted by Crippen LogP contribution is -2.46. The Bertz CT molecular complexity index is 1460. The molecule has 0 spiro atoms. The fourth-order valence-electron chi connectivity index (χ4n) is 4.08. The van der Waals surface area contributed by atoms with E-state index in [2.05, 4.69) is 5.32 Å². The van der Waals surface area contributed by atoms with E-state index in [-0.39, 0.29) is 31.4 Å². The Balaban J connectivity index is 1.52. The Labute approximate surface area is 253 Å². The third kappa shape index (κ3) is 8.20. The van der Waals surface area contributed by atoms with E-state index in [1.165, 1.54) is 11.8 Å². The number of carbonyl (C=O) groups is 4. The van der Waals surface area contributed by atoms with Crippen molar-refractivity contribution in [2.24, 2.45) is 4.99 Å². The van der Waals surface area contributed by atoms with E-state index in [0.717, 1.165) is 5.56 Å². The standard InChI is InChI=1S/C31H30ClN3O6S/c1-3-40-29(38)21-7-13-24(14-8-21)33-28(37)26-19-27(36)35(18-17-20-5-11-23(32)12-6-20)31(42-26)34-25-15-9-22(10-16-25)30(39)41-4-2/h5-16,26H,3-4,17-19H2,1-2H3,(H,33,37)/t26-/m1/s1. The summed E-state index contributed by atoms with van der Waals surface area (Å²) in [5.41, 5.74) is 2.77. The minimum absolute atomic E-state index is 0.0150. The van der Waals surface area contributed by atoms with Gasteiger partial charge in [-0.25, -0.2) is 14.6 Å². The zero-order valence-corrected chi connectivity index (χ0v) is 24.7. The Morgan fingerprint density at radius 2 is 1.48 bits per heavy atom. The number of hydrogen-bond donors (Lipinski definition) is 1. The monoisotopic (exact) mass is 607 g/mol. The summed E-state index contributed by atoms with van der Waals surface area (Å²) in [7, 11) is 0. The molecule has 0 radical (unpaired) electrons. The molecule has 42 heavy (non-hydrogen) atoms. The van der Waals surface area contributed by atoms with Gasteiger partial charge in [0.1, 0.15) is 5.25 Å². The second-order valence-corrected chi connectivity index (χ2v) is 10.8. The largest absolute Gasteiger partial charge is 0.462 e. The molecule has 0 bridgehead atoms. The maximum Gasteiger partial charge on any atom is 0.338 e. The molecule has 1 fully saturated rings. The van der Waals surface area contributed by atoms with Gasteiger partial charge in [0.15, 0.2) is 5.17 Å². The van der Waals surface area contributed by atoms with Gasteiger partial charge in [0, 0.05) is 23.7 Å². The van der Waals surface area contributed by atoms with Gasteiger partial charge < -0.3 is 14.8 Å². The second-order valence-electron chi connectivity index (χ2n) is 9.18. The molecule has 0 aromatic heterocycles. The van der Waals surface area contributed by atoms with Crippen molar-refractivity contribution >= 4 is 63.7 Å². The molecule has 0 unspecified atom stereocenters. The van der Waals surface area contributed by atoms with Crippen LogP contribution in [0.1, 0.15) is 46.5 Å². The molecular weight excluding hydrogens is 578 g/mol. The lowest BCUT2D eigenvalue weighted by molar-refractivity contribution is -0.129. The molecule has 218 valence electrons. The van der Waals surface area contributed by atoms with E-state index < -0.39 is 17.2 Å². The Hall–Kier alpha value is -4.15. The van der Waals surface area contributed by atoms with Gasteiger partial charge in [-0.1, -0.05) is 35.5 Å². The van der Waals surface area contributed by atoms with Gasteiger partial charge in [-0.3, -0.25) is 14.5 Å². The van der Waals surface area contributed by atoms with Gasteiger partial charge in [0.2, 0.25) is 11.8 Å². The van der Waals surface area contributed by atoms with Crippen molar-refractivity contribution in [3.05, 3.63) is 94.5 Å². The molecule has 11 heteroatoms. The van der Waals surface area contributed by atoms with Crippen molar-refractivity contribution in [1.29, 1.82) is 0 Å². The van der Waals surface area contributed by atoms with Crippen molar-refractivity contribution in [2.45, 2.75) is 31.9 Å². The van der Waals surface area contributed by atoms with Crippen molar-refractivity contribution in [1.82, 2.24) is 4.90 Å². The van der Waals surface area contributed by atoms with Gasteiger partial charge in [-0.15, -0.1) is 0 Å². The van der Waals surface area contributed by atoms with Crippen LogP contribution in [-0.2, 0) is 25.5 Å². The van der Waals surface area contributed by atoms with Crippen molar-refractivity contribution in [3.8, 4) is 0 Å². The third-order valence-corrected chi connectivity index (χ3v) is 7.68. The molecule has 1 atom stereocenters. The van der Waals surface area contributed by atoms with Crippen LogP contribution in [0.5, 0.6) is 0 Å². The number of nitrogens with one attached hydrogen (secondary N) is 1. The minimum atomic E-state index is -0.730. The first kappa shape index (κ1) is 30.8. The highest BCUT2D eigenvalue weighted by molar-refractivity contribution is 8.15. The van der Waals surface area contributed by atoms with E-state index in [1.807, 2.05) is 12.1 Å². The molecule has 4 rings (SSSR count). The molecule has 1 aliphatic rings. The molecule has 1 saturated heterocycles. The van der Waals surface area contributed by atoms with E-state index in [4.69, 9.17) is 26.1 Å². The van der Waals surface area contributed by atoms with Gasteiger partial charge in [-0.05, 0) is 86.5 Å². The zero-order valence-electron chi connectivity index (χ0n) is 23.2. The maximum atomic E-state index is 13.4. The van der Waals surface area contributed by atoms with Crippen LogP contribution < -0.4 is 5.32 Å². The number of benzene rings is 3. The lowest BCUT2D eigenvalue weighted by Gasteiger charge is -2.32. The highest BCUT2D eigenvalue weighted by Gasteiger charge is 2.36. The number of anilines is 1. The predicted octanol–water partition coefficient (Wildman–Crippen LogP) is 5.90. The summed E-state index contributed by atoms with van der Waals surface area (Å²) in [6, 6.07) is 20.3. The fourth-order valence-corrected chi connectivity index (χ4v) is 5.33. The second kappa shape index (κ2) is 14.7. The number of carbonyl (C=O) groups excluding carboxylic acids is 4. The number of rotatable bonds is 10. The third-order valence-electron chi connectivity index (χ3n) is 6.24. The Morgan fingerprint density at radius 3 is 2.05 bits per heavy atom. The van der Waals surface area contributed by atoms with Crippen molar-refractivity contribution in [2.75, 3.05) is 25.1 Å². The van der Waals surface area contributed by atoms with Gasteiger partial charge >= 0.3 is 11.9 Å². The van der Waals surface area contributed by atoms with Crippen LogP contribution in [0, 0.1) is 0 Å². The lowest BCUT2D eigenvalue weighted by atomic mass is 10.1. The molecule has 0 saturated carbocycles. The minimum Gasteiger partial charge on any atom is -0.462 e. The number of hydrogen-bond acceptors (Lipinski definition) is 8. The number of amidine groups is 1. The number of amides is 2. The van der Waals surface area contributed by atoms with Crippen LogP contribution >= 0.6 is 23.4 Å². The molecule has 1 N–H and O–H groups in total. The van der Waals surface area contributed by atoms with Gasteiger partial charge in [0.05, 0.1) is 30.0 Å². The highest BCUT2D eigenvalue weighted by Crippen LogP contribution is 2.30. The summed E-state index contributed by atoms with van der Waals surface area (Å²) in [6.07, 6.45) is 0.548. The first-order valence-corrected chi connectivity index (χ1v) is 14.7. The number of ether oxygens (including phenoxy) is 2. The van der Waals surface area contributed by atoms with Crippen LogP contribution in [0.25, 0.3) is 0 Å². The number of esters is 2. The number of thioether (sulfide) groups is 1. The average molecular weight is 608 g/mol. The summed E-state index contributed by atoms with van der Waals surface area (Å²) < 4.78 is 10.0. The number of aliphatic imine (C=N–C) groups is 1. The SMILES string of the molecule is CCOC(=O)c1ccc(N=C2S[C@@H](C(=O)Nc3ccc(C(=O)OCC)cc3)CC(=O)N2CCc2ccc(Cl)cc2)cc1. The quantitative estimate of drug-likeness (QED) is 0.286. The molecular formula is C31H30ClN3O6S. The van der Waals surface area contributed by atoms with Crippen LogP contribution in [0.4, 0.5) is 11.4 Å². The molecule has 2 amide bonds. The van der Waals surface area contributed by atoms with E-state index in [1.54, 1.807) is 79.4 Å². The summed E-state index contributed by atoms with van der Waals surface area (Å²) in [5, 5.41) is 3.10. The van der Waals surface area contributed by atoms with Gasteiger partial charge in [0.25, 0.3) is 0 Å². The Morgan fingerprint density at radius 1 is 0.905 bits per heavy atom. The van der Waals surface area contributed by atoms with E-state index >= 15 is 0 Å². The van der Waals surface area contributed by atoms with Crippen molar-refractivity contribution in [3.63, 3.8) is 0 Å². The average Bonchev–Trinajstić information content (AvgIpc) is 2.98. The predicted molar refractivity (Wildman–Crippen MR) is 163 cm³/mol. The van der Waals surface area contributed by atoms with Crippen molar-refractivity contribution < 1.29 is 28.7 Å². The van der Waals surface area contributed by atoms with Crippen LogP contribution in [0.3, 0.4) is 0 Å². The summed E-state index contributed by atoms with van der Waals surface area (Å²) >= 11 is 7.20. The first-order valence-electron chi connectivity index (χ1n) is 13.4. The topological polar surface area (TPSA) is 114 Å². The molecule has 0 aliphatic carbocycles. The first-order chi connectivity index (χ1) is 20.3. The zero-order chi connectivity index (χ0) is 30.1. The van der Waals surface area contributed by atoms with Gasteiger partial charge in [-0.2, -0.15) is 0 Å². The highest BCUT2D eigenvalue weighted by atomic mass is 35.5. The number of halogens is 1. The van der Waals surface area contributed by atoms with Crippen LogP contribution in [0.2, 0.25) is 5.02 Å². The molecule has 1 aliphatic heterocycles. The number of nitrogens with zero attached hydrogens (tertiary/aromatic N) is 2. The smallest absolute Gasteiger partial charge is 0.338 e. The maximum absolute atomic E-state index is 13.4. The molecule has 9 nitrogen and oxygen atoms in total. The Kier molecular flexibility index (Phi) is 10.7. The van der Waals surface area contributed by atoms with Crippen LogP contribution in [-0.4, -0.2) is 58.8 Å².